The molecule has 0 aromatic heterocycles. The van der Waals surface area contributed by atoms with Crippen molar-refractivity contribution in [2.24, 2.45) is 0 Å². The number of carbonyl (C=O) groups excluding carboxylic acids is 1. The second-order valence-corrected chi connectivity index (χ2v) is 3.72. The van der Waals surface area contributed by atoms with E-state index in [1.54, 1.807) is 30.3 Å². The standard InChI is InChI=1S/C15H8N2O2/c16-9-11-4-6-13(7-5-11)15(18)19-14-3-1-2-12(8-14)10-17/h1-8H. The maximum Gasteiger partial charge on any atom is 0.343 e. The maximum atomic E-state index is 11.8. The highest BCUT2D eigenvalue weighted by Crippen LogP contribution is 2.15. The molecular weight excluding hydrogens is 240 g/mol. The van der Waals surface area contributed by atoms with E-state index in [-0.39, 0.29) is 0 Å². The van der Waals surface area contributed by atoms with Gasteiger partial charge in [-0.1, -0.05) is 6.07 Å². The minimum Gasteiger partial charge on any atom is -0.423 e. The van der Waals surface area contributed by atoms with Crippen LogP contribution in [-0.4, -0.2) is 5.97 Å². The van der Waals surface area contributed by atoms with E-state index in [0.29, 0.717) is 22.4 Å². The fraction of sp³-hybridized carbons (Fsp3) is 0. The lowest BCUT2D eigenvalue weighted by molar-refractivity contribution is 0.0735. The Bertz CT molecular complexity index is 691. The van der Waals surface area contributed by atoms with E-state index in [0.717, 1.165) is 0 Å². The molecule has 4 heteroatoms. The van der Waals surface area contributed by atoms with Gasteiger partial charge >= 0.3 is 5.97 Å². The van der Waals surface area contributed by atoms with Crippen molar-refractivity contribution >= 4 is 5.97 Å². The molecule has 90 valence electrons. The molecule has 0 spiro atoms. The van der Waals surface area contributed by atoms with Crippen LogP contribution in [-0.2, 0) is 0 Å². The topological polar surface area (TPSA) is 73.9 Å². The van der Waals surface area contributed by atoms with Gasteiger partial charge in [0.15, 0.2) is 0 Å². The first-order valence-electron chi connectivity index (χ1n) is 5.45. The Morgan fingerprint density at radius 3 is 2.26 bits per heavy atom. The number of ether oxygens (including phenoxy) is 1. The number of carbonyl (C=O) groups is 1. The van der Waals surface area contributed by atoms with Gasteiger partial charge in [0, 0.05) is 0 Å². The van der Waals surface area contributed by atoms with Crippen molar-refractivity contribution in [3.8, 4) is 17.9 Å². The second kappa shape index (κ2) is 5.48. The van der Waals surface area contributed by atoms with Crippen molar-refractivity contribution < 1.29 is 9.53 Å². The Morgan fingerprint density at radius 2 is 1.63 bits per heavy atom. The lowest BCUT2D eigenvalue weighted by Crippen LogP contribution is -2.08. The largest absolute Gasteiger partial charge is 0.423 e. The Hall–Kier alpha value is -3.11. The highest BCUT2D eigenvalue weighted by Gasteiger charge is 2.08. The normalized spacial score (nSPS) is 9.16. The molecule has 19 heavy (non-hydrogen) atoms. The molecule has 0 N–H and O–H groups in total. The van der Waals surface area contributed by atoms with E-state index in [1.165, 1.54) is 18.2 Å². The van der Waals surface area contributed by atoms with Gasteiger partial charge in [0.05, 0.1) is 28.8 Å². The zero-order chi connectivity index (χ0) is 13.7. The molecular formula is C15H8N2O2. The molecule has 0 saturated carbocycles. The predicted molar refractivity (Wildman–Crippen MR) is 67.3 cm³/mol. The molecule has 2 aromatic rings. The molecule has 2 rings (SSSR count). The van der Waals surface area contributed by atoms with E-state index in [4.69, 9.17) is 15.3 Å². The number of benzene rings is 2. The third-order valence-corrected chi connectivity index (χ3v) is 2.42. The highest BCUT2D eigenvalue weighted by atomic mass is 16.5. The Labute approximate surface area is 110 Å². The number of nitriles is 2. The van der Waals surface area contributed by atoms with Crippen molar-refractivity contribution in [2.75, 3.05) is 0 Å². The van der Waals surface area contributed by atoms with Crippen LogP contribution in [0.25, 0.3) is 0 Å². The zero-order valence-electron chi connectivity index (χ0n) is 9.83. The molecule has 0 heterocycles. The molecule has 0 aliphatic rings. The van der Waals surface area contributed by atoms with Gasteiger partial charge in [-0.05, 0) is 42.5 Å². The number of hydrogen-bond acceptors (Lipinski definition) is 4. The quantitative estimate of drug-likeness (QED) is 0.604. The lowest BCUT2D eigenvalue weighted by Gasteiger charge is -2.04. The summed E-state index contributed by atoms with van der Waals surface area (Å²) in [5.74, 6) is -0.215. The molecule has 0 amide bonds. The van der Waals surface area contributed by atoms with Gasteiger partial charge in [0.25, 0.3) is 0 Å². The third-order valence-electron chi connectivity index (χ3n) is 2.42. The Balaban J connectivity index is 2.16. The zero-order valence-corrected chi connectivity index (χ0v) is 9.83. The number of nitrogens with zero attached hydrogens (tertiary/aromatic N) is 2. The molecule has 0 unspecified atom stereocenters. The summed E-state index contributed by atoms with van der Waals surface area (Å²) in [7, 11) is 0. The fourth-order valence-electron chi connectivity index (χ4n) is 1.48. The average molecular weight is 248 g/mol. The summed E-state index contributed by atoms with van der Waals surface area (Å²) in [6.45, 7) is 0. The molecule has 0 bridgehead atoms. The van der Waals surface area contributed by atoms with E-state index in [2.05, 4.69) is 0 Å². The first kappa shape index (κ1) is 12.3. The summed E-state index contributed by atoms with van der Waals surface area (Å²) < 4.78 is 5.14. The van der Waals surface area contributed by atoms with Crippen LogP contribution in [0.4, 0.5) is 0 Å². The average Bonchev–Trinajstić information content (AvgIpc) is 2.47. The van der Waals surface area contributed by atoms with Crippen LogP contribution in [0.3, 0.4) is 0 Å². The van der Waals surface area contributed by atoms with Crippen LogP contribution in [0.5, 0.6) is 5.75 Å². The number of esters is 1. The van der Waals surface area contributed by atoms with Gasteiger partial charge in [-0.15, -0.1) is 0 Å². The van der Waals surface area contributed by atoms with Crippen LogP contribution in [0.2, 0.25) is 0 Å². The third kappa shape index (κ3) is 2.96. The first-order chi connectivity index (χ1) is 9.22. The Morgan fingerprint density at radius 1 is 0.947 bits per heavy atom. The van der Waals surface area contributed by atoms with E-state index in [9.17, 15) is 4.79 Å². The van der Waals surface area contributed by atoms with Crippen LogP contribution in [0.1, 0.15) is 21.5 Å². The molecule has 2 aromatic carbocycles. The molecule has 4 nitrogen and oxygen atoms in total. The van der Waals surface area contributed by atoms with Gasteiger partial charge in [0.2, 0.25) is 0 Å². The minimum atomic E-state index is -0.528. The Kier molecular flexibility index (Phi) is 3.56. The summed E-state index contributed by atoms with van der Waals surface area (Å²) >= 11 is 0. The van der Waals surface area contributed by atoms with E-state index < -0.39 is 5.97 Å². The highest BCUT2D eigenvalue weighted by molar-refractivity contribution is 5.91. The van der Waals surface area contributed by atoms with Crippen LogP contribution in [0.15, 0.2) is 48.5 Å². The monoisotopic (exact) mass is 248 g/mol. The van der Waals surface area contributed by atoms with Crippen LogP contribution < -0.4 is 4.74 Å². The van der Waals surface area contributed by atoms with Gasteiger partial charge in [-0.25, -0.2) is 4.79 Å². The van der Waals surface area contributed by atoms with Crippen molar-refractivity contribution in [3.05, 3.63) is 65.2 Å². The molecule has 0 fully saturated rings. The number of hydrogen-bond donors (Lipinski definition) is 0. The lowest BCUT2D eigenvalue weighted by atomic mass is 10.1. The SMILES string of the molecule is N#Cc1ccc(C(=O)Oc2cccc(C#N)c2)cc1. The first-order valence-corrected chi connectivity index (χ1v) is 5.45. The second-order valence-electron chi connectivity index (χ2n) is 3.72. The molecule has 0 atom stereocenters. The summed E-state index contributed by atoms with van der Waals surface area (Å²) in [4.78, 5) is 11.8. The van der Waals surface area contributed by atoms with Crippen molar-refractivity contribution in [1.82, 2.24) is 0 Å². The molecule has 0 aliphatic carbocycles. The van der Waals surface area contributed by atoms with Crippen molar-refractivity contribution in [2.45, 2.75) is 0 Å². The van der Waals surface area contributed by atoms with Gasteiger partial charge in [-0.3, -0.25) is 0 Å². The van der Waals surface area contributed by atoms with Gasteiger partial charge in [-0.2, -0.15) is 10.5 Å². The maximum absolute atomic E-state index is 11.8. The summed E-state index contributed by atoms with van der Waals surface area (Å²) in [6.07, 6.45) is 0. The minimum absolute atomic E-state index is 0.313. The van der Waals surface area contributed by atoms with E-state index >= 15 is 0 Å². The molecule has 0 aliphatic heterocycles. The summed E-state index contributed by atoms with van der Waals surface area (Å²) in [5.41, 5.74) is 1.24. The molecule has 0 saturated heterocycles. The van der Waals surface area contributed by atoms with Crippen LogP contribution >= 0.6 is 0 Å². The van der Waals surface area contributed by atoms with Gasteiger partial charge < -0.3 is 4.74 Å². The smallest absolute Gasteiger partial charge is 0.343 e. The number of rotatable bonds is 2. The summed E-state index contributed by atoms with van der Waals surface area (Å²) in [5, 5.41) is 17.4. The van der Waals surface area contributed by atoms with Crippen molar-refractivity contribution in [1.29, 1.82) is 10.5 Å². The fourth-order valence-corrected chi connectivity index (χ4v) is 1.48. The predicted octanol–water partition coefficient (Wildman–Crippen LogP) is 2.65. The molecule has 0 radical (unpaired) electrons. The van der Waals surface area contributed by atoms with Crippen LogP contribution in [0, 0.1) is 22.7 Å². The van der Waals surface area contributed by atoms with E-state index in [1.807, 2.05) is 12.1 Å². The van der Waals surface area contributed by atoms with Gasteiger partial charge in [0.1, 0.15) is 5.75 Å². The summed E-state index contributed by atoms with van der Waals surface area (Å²) in [6, 6.07) is 16.4. The van der Waals surface area contributed by atoms with Crippen molar-refractivity contribution in [3.63, 3.8) is 0 Å².